The largest absolute Gasteiger partial charge is 0.399 e. The van der Waals surface area contributed by atoms with Gasteiger partial charge in [0.1, 0.15) is 0 Å². The van der Waals surface area contributed by atoms with E-state index < -0.39 is 0 Å². The van der Waals surface area contributed by atoms with Crippen molar-refractivity contribution in [1.82, 2.24) is 14.8 Å². The molecule has 0 saturated heterocycles. The summed E-state index contributed by atoms with van der Waals surface area (Å²) in [6.07, 6.45) is 0. The van der Waals surface area contributed by atoms with Gasteiger partial charge in [0.05, 0.1) is 5.75 Å². The van der Waals surface area contributed by atoms with E-state index in [0.717, 1.165) is 17.0 Å². The summed E-state index contributed by atoms with van der Waals surface area (Å²) in [5.41, 5.74) is 8.99. The van der Waals surface area contributed by atoms with Crippen LogP contribution in [0.15, 0.2) is 47.6 Å². The molecule has 0 spiro atoms. The normalized spacial score (nSPS) is 10.7. The number of rotatable bonds is 5. The molecule has 0 saturated carbocycles. The van der Waals surface area contributed by atoms with Crippen molar-refractivity contribution in [3.63, 3.8) is 0 Å². The highest BCUT2D eigenvalue weighted by atomic mass is 35.5. The summed E-state index contributed by atoms with van der Waals surface area (Å²) in [7, 11) is 1.87. The van der Waals surface area contributed by atoms with Crippen molar-refractivity contribution in [2.45, 2.75) is 12.1 Å². The maximum Gasteiger partial charge on any atom is 0.234 e. The number of aromatic nitrogens is 3. The Morgan fingerprint density at radius 3 is 2.69 bits per heavy atom. The van der Waals surface area contributed by atoms with Gasteiger partial charge < -0.3 is 15.6 Å². The minimum absolute atomic E-state index is 0.127. The molecule has 6 nitrogen and oxygen atoms in total. The smallest absolute Gasteiger partial charge is 0.234 e. The molecule has 0 aliphatic rings. The number of amides is 1. The molecule has 3 aromatic rings. The van der Waals surface area contributed by atoms with Crippen LogP contribution in [0.5, 0.6) is 0 Å². The van der Waals surface area contributed by atoms with Crippen molar-refractivity contribution in [2.24, 2.45) is 7.05 Å². The highest BCUT2D eigenvalue weighted by Gasteiger charge is 2.13. The Morgan fingerprint density at radius 1 is 1.23 bits per heavy atom. The number of nitrogen functional groups attached to an aromatic ring is 1. The molecule has 1 aromatic heterocycles. The third-order valence-electron chi connectivity index (χ3n) is 3.81. The van der Waals surface area contributed by atoms with E-state index >= 15 is 0 Å². The van der Waals surface area contributed by atoms with Gasteiger partial charge in [-0.2, -0.15) is 0 Å². The number of carbonyl (C=O) groups is 1. The van der Waals surface area contributed by atoms with Crippen molar-refractivity contribution in [3.05, 3.63) is 53.1 Å². The zero-order valence-electron chi connectivity index (χ0n) is 14.4. The molecule has 0 radical (unpaired) electrons. The topological polar surface area (TPSA) is 85.8 Å². The highest BCUT2D eigenvalue weighted by Crippen LogP contribution is 2.24. The Labute approximate surface area is 160 Å². The van der Waals surface area contributed by atoms with Crippen LogP contribution in [0.2, 0.25) is 5.02 Å². The first kappa shape index (κ1) is 18.3. The summed E-state index contributed by atoms with van der Waals surface area (Å²) in [4.78, 5) is 12.2. The second kappa shape index (κ2) is 7.80. The number of benzene rings is 2. The van der Waals surface area contributed by atoms with Gasteiger partial charge >= 0.3 is 0 Å². The van der Waals surface area contributed by atoms with E-state index in [-0.39, 0.29) is 11.7 Å². The van der Waals surface area contributed by atoms with Crippen molar-refractivity contribution in [1.29, 1.82) is 0 Å². The molecule has 0 fully saturated rings. The van der Waals surface area contributed by atoms with Gasteiger partial charge in [0.25, 0.3) is 0 Å². The van der Waals surface area contributed by atoms with E-state index in [1.807, 2.05) is 48.9 Å². The summed E-state index contributed by atoms with van der Waals surface area (Å²) in [6, 6.07) is 12.8. The summed E-state index contributed by atoms with van der Waals surface area (Å²) < 4.78 is 1.86. The maximum absolute atomic E-state index is 12.2. The summed E-state index contributed by atoms with van der Waals surface area (Å²) >= 11 is 7.30. The number of nitrogens with zero attached hydrogens (tertiary/aromatic N) is 3. The zero-order chi connectivity index (χ0) is 18.7. The molecule has 3 rings (SSSR count). The van der Waals surface area contributed by atoms with Crippen LogP contribution >= 0.6 is 23.4 Å². The summed E-state index contributed by atoms with van der Waals surface area (Å²) in [5.74, 6) is 0.815. The minimum atomic E-state index is -0.127. The number of nitrogens with one attached hydrogen (secondary N) is 1. The fraction of sp³-hybridized carbons (Fsp3) is 0.167. The van der Waals surface area contributed by atoms with Crippen LogP contribution in [0, 0.1) is 6.92 Å². The molecule has 134 valence electrons. The van der Waals surface area contributed by atoms with Crippen molar-refractivity contribution >= 4 is 40.6 Å². The average molecular weight is 388 g/mol. The fourth-order valence-corrected chi connectivity index (χ4v) is 3.25. The monoisotopic (exact) mass is 387 g/mol. The second-order valence-electron chi connectivity index (χ2n) is 5.78. The fourth-order valence-electron chi connectivity index (χ4n) is 2.37. The minimum Gasteiger partial charge on any atom is -0.399 e. The first-order valence-corrected chi connectivity index (χ1v) is 9.24. The van der Waals surface area contributed by atoms with Gasteiger partial charge in [0.15, 0.2) is 11.0 Å². The van der Waals surface area contributed by atoms with E-state index in [4.69, 9.17) is 17.3 Å². The Balaban J connectivity index is 1.65. The summed E-state index contributed by atoms with van der Waals surface area (Å²) in [5, 5.41) is 12.5. The molecule has 26 heavy (non-hydrogen) atoms. The molecule has 3 N–H and O–H groups in total. The van der Waals surface area contributed by atoms with Crippen LogP contribution in [0.4, 0.5) is 11.4 Å². The lowest BCUT2D eigenvalue weighted by molar-refractivity contribution is -0.113. The first-order valence-electron chi connectivity index (χ1n) is 7.88. The third-order valence-corrected chi connectivity index (χ3v) is 5.07. The zero-order valence-corrected chi connectivity index (χ0v) is 15.9. The van der Waals surface area contributed by atoms with E-state index in [1.165, 1.54) is 11.8 Å². The predicted molar refractivity (Wildman–Crippen MR) is 106 cm³/mol. The van der Waals surface area contributed by atoms with Crippen LogP contribution in [0.25, 0.3) is 11.4 Å². The number of hydrogen-bond acceptors (Lipinski definition) is 5. The Morgan fingerprint density at radius 2 is 1.96 bits per heavy atom. The van der Waals surface area contributed by atoms with Gasteiger partial charge in [-0.3, -0.25) is 4.79 Å². The first-order chi connectivity index (χ1) is 12.4. The predicted octanol–water partition coefficient (Wildman–Crippen LogP) is 3.76. The standard InChI is InChI=1S/C18H18ClN5OS/c1-11-3-6-13(19)9-15(11)21-16(25)10-26-18-23-22-17(24(18)2)12-4-7-14(20)8-5-12/h3-9H,10,20H2,1-2H3,(H,21,25). The quantitative estimate of drug-likeness (QED) is 0.514. The van der Waals surface area contributed by atoms with Crippen molar-refractivity contribution in [2.75, 3.05) is 16.8 Å². The SMILES string of the molecule is Cc1ccc(Cl)cc1NC(=O)CSc1nnc(-c2ccc(N)cc2)n1C. The number of anilines is 2. The molecular formula is C18H18ClN5OS. The Hall–Kier alpha value is -2.51. The molecule has 0 aliphatic heterocycles. The molecular weight excluding hydrogens is 370 g/mol. The van der Waals surface area contributed by atoms with Crippen LogP contribution in [-0.2, 0) is 11.8 Å². The Kier molecular flexibility index (Phi) is 5.49. The average Bonchev–Trinajstić information content (AvgIpc) is 2.98. The van der Waals surface area contributed by atoms with Crippen LogP contribution < -0.4 is 11.1 Å². The lowest BCUT2D eigenvalue weighted by Crippen LogP contribution is -2.15. The molecule has 0 unspecified atom stereocenters. The van der Waals surface area contributed by atoms with Crippen LogP contribution in [-0.4, -0.2) is 26.4 Å². The van der Waals surface area contributed by atoms with Gasteiger partial charge in [-0.1, -0.05) is 29.4 Å². The highest BCUT2D eigenvalue weighted by molar-refractivity contribution is 7.99. The second-order valence-corrected chi connectivity index (χ2v) is 7.16. The van der Waals surface area contributed by atoms with E-state index in [9.17, 15) is 4.79 Å². The number of halogens is 1. The number of aryl methyl sites for hydroxylation is 1. The Bertz CT molecular complexity index is 939. The molecule has 2 aromatic carbocycles. The molecule has 0 atom stereocenters. The number of hydrogen-bond donors (Lipinski definition) is 2. The number of nitrogens with two attached hydrogens (primary N) is 1. The maximum atomic E-state index is 12.2. The lowest BCUT2D eigenvalue weighted by atomic mass is 10.2. The van der Waals surface area contributed by atoms with Crippen LogP contribution in [0.3, 0.4) is 0 Å². The molecule has 8 heteroatoms. The number of thioether (sulfide) groups is 1. The van der Waals surface area contributed by atoms with Gasteiger partial charge in [-0.05, 0) is 48.9 Å². The van der Waals surface area contributed by atoms with Crippen molar-refractivity contribution in [3.8, 4) is 11.4 Å². The van der Waals surface area contributed by atoms with Gasteiger partial charge in [0, 0.05) is 29.0 Å². The van der Waals surface area contributed by atoms with E-state index in [1.54, 1.807) is 12.1 Å². The lowest BCUT2D eigenvalue weighted by Gasteiger charge is -2.08. The van der Waals surface area contributed by atoms with Crippen molar-refractivity contribution < 1.29 is 4.79 Å². The molecule has 1 amide bonds. The van der Waals surface area contributed by atoms with Gasteiger partial charge in [-0.25, -0.2) is 0 Å². The van der Waals surface area contributed by atoms with Gasteiger partial charge in [-0.15, -0.1) is 10.2 Å². The van der Waals surface area contributed by atoms with Gasteiger partial charge in [0.2, 0.25) is 5.91 Å². The molecule has 0 aliphatic carbocycles. The molecule has 0 bridgehead atoms. The third kappa shape index (κ3) is 4.17. The van der Waals surface area contributed by atoms with E-state index in [2.05, 4.69) is 15.5 Å². The van der Waals surface area contributed by atoms with E-state index in [0.29, 0.717) is 21.6 Å². The summed E-state index contributed by atoms with van der Waals surface area (Å²) in [6.45, 7) is 1.92. The molecule has 1 heterocycles. The van der Waals surface area contributed by atoms with Crippen LogP contribution in [0.1, 0.15) is 5.56 Å². The number of carbonyl (C=O) groups excluding carboxylic acids is 1.